The van der Waals surface area contributed by atoms with E-state index in [0.717, 1.165) is 64.2 Å². The molecule has 5 nitrogen and oxygen atoms in total. The van der Waals surface area contributed by atoms with Crippen molar-refractivity contribution in [2.24, 2.45) is 0 Å². The molecule has 0 rings (SSSR count). The SMILES string of the molecule is CCCCC/C=C\C/C=C\CCCCCCCC(=O)OCC(COCCCCCCCCCCCCCC)OC(=O)CCCCCCC/C=C\CCCCCC. The quantitative estimate of drug-likeness (QED) is 0.0349. The van der Waals surface area contributed by atoms with Gasteiger partial charge in [0.05, 0.1) is 6.61 Å². The predicted molar refractivity (Wildman–Crippen MR) is 242 cm³/mol. The number of hydrogen-bond donors (Lipinski definition) is 0. The van der Waals surface area contributed by atoms with E-state index in [1.54, 1.807) is 0 Å². The summed E-state index contributed by atoms with van der Waals surface area (Å²) in [5, 5.41) is 0. The first-order chi connectivity index (χ1) is 27.6. The maximum atomic E-state index is 12.7. The van der Waals surface area contributed by atoms with Crippen LogP contribution in [0.15, 0.2) is 36.5 Å². The van der Waals surface area contributed by atoms with E-state index in [-0.39, 0.29) is 25.2 Å². The smallest absolute Gasteiger partial charge is 0.306 e. The van der Waals surface area contributed by atoms with Crippen LogP contribution in [0.3, 0.4) is 0 Å². The Labute approximate surface area is 349 Å². The first-order valence-electron chi connectivity index (χ1n) is 24.5. The van der Waals surface area contributed by atoms with Crippen molar-refractivity contribution in [3.8, 4) is 0 Å². The summed E-state index contributed by atoms with van der Waals surface area (Å²) in [5.74, 6) is -0.413. The molecule has 0 aliphatic heterocycles. The highest BCUT2D eigenvalue weighted by Crippen LogP contribution is 2.14. The number of ether oxygens (including phenoxy) is 3. The number of unbranched alkanes of at least 4 members (excludes halogenated alkanes) is 28. The summed E-state index contributed by atoms with van der Waals surface area (Å²) in [6, 6.07) is 0. The number of esters is 2. The van der Waals surface area contributed by atoms with Gasteiger partial charge in [0.2, 0.25) is 0 Å². The highest BCUT2D eigenvalue weighted by molar-refractivity contribution is 5.70. The van der Waals surface area contributed by atoms with Crippen LogP contribution in [0.1, 0.15) is 252 Å². The van der Waals surface area contributed by atoms with E-state index >= 15 is 0 Å². The van der Waals surface area contributed by atoms with Crippen LogP contribution >= 0.6 is 0 Å². The molecule has 1 atom stereocenters. The molecule has 0 aromatic carbocycles. The Balaban J connectivity index is 4.27. The van der Waals surface area contributed by atoms with E-state index in [2.05, 4.69) is 57.2 Å². The number of hydrogen-bond acceptors (Lipinski definition) is 5. The number of rotatable bonds is 45. The molecule has 0 amide bonds. The second-order valence-corrected chi connectivity index (χ2v) is 16.4. The second kappa shape index (κ2) is 47.5. The van der Waals surface area contributed by atoms with Crippen LogP contribution in [0.25, 0.3) is 0 Å². The molecule has 0 aromatic rings. The molecule has 0 aliphatic carbocycles. The van der Waals surface area contributed by atoms with Crippen LogP contribution < -0.4 is 0 Å². The minimum Gasteiger partial charge on any atom is -0.462 e. The molecule has 0 heterocycles. The standard InChI is InChI=1S/C51H94O5/c1-4-7-10-13-16-19-22-25-26-28-29-32-35-38-41-44-50(52)55-48-49(47-54-46-43-40-37-34-31-24-21-18-15-12-9-6-3)56-51(53)45-42-39-36-33-30-27-23-20-17-14-11-8-5-2/h16,19-20,23,25-26,49H,4-15,17-18,21-22,24,27-48H2,1-3H3/b19-16-,23-20-,26-25-. The molecule has 0 spiro atoms. The maximum absolute atomic E-state index is 12.7. The Morgan fingerprint density at radius 2 is 0.750 bits per heavy atom. The van der Waals surface area contributed by atoms with Gasteiger partial charge in [0.15, 0.2) is 6.10 Å². The Morgan fingerprint density at radius 1 is 0.393 bits per heavy atom. The predicted octanol–water partition coefficient (Wildman–Crippen LogP) is 16.2. The first kappa shape index (κ1) is 54.1. The fourth-order valence-electron chi connectivity index (χ4n) is 6.95. The molecule has 0 aliphatic rings. The Morgan fingerprint density at radius 3 is 1.25 bits per heavy atom. The van der Waals surface area contributed by atoms with Crippen molar-refractivity contribution in [2.45, 2.75) is 258 Å². The summed E-state index contributed by atoms with van der Waals surface area (Å²) in [7, 11) is 0. The van der Waals surface area contributed by atoms with Crippen molar-refractivity contribution in [3.05, 3.63) is 36.5 Å². The third-order valence-electron chi connectivity index (χ3n) is 10.6. The van der Waals surface area contributed by atoms with E-state index in [1.807, 2.05) is 0 Å². The Hall–Kier alpha value is -1.88. The fraction of sp³-hybridized carbons (Fsp3) is 0.843. The number of allylic oxidation sites excluding steroid dienone is 6. The van der Waals surface area contributed by atoms with Gasteiger partial charge in [-0.3, -0.25) is 9.59 Å². The molecule has 5 heteroatoms. The molecule has 0 saturated carbocycles. The van der Waals surface area contributed by atoms with Crippen LogP contribution in [0.4, 0.5) is 0 Å². The van der Waals surface area contributed by atoms with E-state index in [9.17, 15) is 9.59 Å². The third-order valence-corrected chi connectivity index (χ3v) is 10.6. The molecular weight excluding hydrogens is 693 g/mol. The molecule has 0 bridgehead atoms. The van der Waals surface area contributed by atoms with E-state index in [0.29, 0.717) is 19.4 Å². The van der Waals surface area contributed by atoms with Gasteiger partial charge in [0.25, 0.3) is 0 Å². The van der Waals surface area contributed by atoms with Gasteiger partial charge in [0, 0.05) is 19.4 Å². The summed E-state index contributed by atoms with van der Waals surface area (Å²) in [6.45, 7) is 7.79. The van der Waals surface area contributed by atoms with Crippen LogP contribution in [0, 0.1) is 0 Å². The number of carbonyl (C=O) groups excluding carboxylic acids is 2. The maximum Gasteiger partial charge on any atom is 0.306 e. The molecule has 1 unspecified atom stereocenters. The first-order valence-corrected chi connectivity index (χ1v) is 24.5. The molecule has 328 valence electrons. The monoisotopic (exact) mass is 787 g/mol. The van der Waals surface area contributed by atoms with Crippen molar-refractivity contribution in [1.82, 2.24) is 0 Å². The van der Waals surface area contributed by atoms with Gasteiger partial charge in [0.1, 0.15) is 6.61 Å². The summed E-state index contributed by atoms with van der Waals surface area (Å²) in [6.07, 6.45) is 55.6. The lowest BCUT2D eigenvalue weighted by atomic mass is 10.1. The van der Waals surface area contributed by atoms with Crippen LogP contribution in [-0.2, 0) is 23.8 Å². The summed E-state index contributed by atoms with van der Waals surface area (Å²) in [4.78, 5) is 25.3. The normalized spacial score (nSPS) is 12.4. The van der Waals surface area contributed by atoms with Gasteiger partial charge < -0.3 is 14.2 Å². The summed E-state index contributed by atoms with van der Waals surface area (Å²) >= 11 is 0. The van der Waals surface area contributed by atoms with E-state index in [1.165, 1.54) is 154 Å². The van der Waals surface area contributed by atoms with Gasteiger partial charge in [-0.15, -0.1) is 0 Å². The molecule has 0 saturated heterocycles. The zero-order valence-corrected chi connectivity index (χ0v) is 37.7. The van der Waals surface area contributed by atoms with Crippen molar-refractivity contribution >= 4 is 11.9 Å². The molecule has 0 radical (unpaired) electrons. The molecule has 0 N–H and O–H groups in total. The lowest BCUT2D eigenvalue weighted by Crippen LogP contribution is -2.30. The number of carbonyl (C=O) groups is 2. The second-order valence-electron chi connectivity index (χ2n) is 16.4. The topological polar surface area (TPSA) is 61.8 Å². The lowest BCUT2D eigenvalue weighted by Gasteiger charge is -2.18. The Kier molecular flexibility index (Phi) is 45.9. The molecule has 0 aromatic heterocycles. The lowest BCUT2D eigenvalue weighted by molar-refractivity contribution is -0.163. The van der Waals surface area contributed by atoms with Gasteiger partial charge in [-0.1, -0.05) is 198 Å². The van der Waals surface area contributed by atoms with Crippen molar-refractivity contribution in [1.29, 1.82) is 0 Å². The minimum atomic E-state index is -0.540. The van der Waals surface area contributed by atoms with E-state index in [4.69, 9.17) is 14.2 Å². The van der Waals surface area contributed by atoms with Gasteiger partial charge in [-0.05, 0) is 77.0 Å². The zero-order chi connectivity index (χ0) is 40.7. The van der Waals surface area contributed by atoms with Crippen LogP contribution in [0.2, 0.25) is 0 Å². The van der Waals surface area contributed by atoms with Crippen molar-refractivity contribution < 1.29 is 23.8 Å². The highest BCUT2D eigenvalue weighted by Gasteiger charge is 2.17. The van der Waals surface area contributed by atoms with Crippen molar-refractivity contribution in [3.63, 3.8) is 0 Å². The van der Waals surface area contributed by atoms with Crippen LogP contribution in [-0.4, -0.2) is 37.9 Å². The third kappa shape index (κ3) is 44.8. The fourth-order valence-corrected chi connectivity index (χ4v) is 6.95. The largest absolute Gasteiger partial charge is 0.462 e. The van der Waals surface area contributed by atoms with E-state index < -0.39 is 6.10 Å². The summed E-state index contributed by atoms with van der Waals surface area (Å²) in [5.41, 5.74) is 0. The Bertz CT molecular complexity index is 893. The van der Waals surface area contributed by atoms with Crippen molar-refractivity contribution in [2.75, 3.05) is 19.8 Å². The summed E-state index contributed by atoms with van der Waals surface area (Å²) < 4.78 is 17.3. The zero-order valence-electron chi connectivity index (χ0n) is 37.7. The molecule has 0 fully saturated rings. The average Bonchev–Trinajstić information content (AvgIpc) is 3.20. The van der Waals surface area contributed by atoms with Gasteiger partial charge >= 0.3 is 11.9 Å². The van der Waals surface area contributed by atoms with Gasteiger partial charge in [-0.25, -0.2) is 0 Å². The minimum absolute atomic E-state index is 0.0788. The van der Waals surface area contributed by atoms with Crippen LogP contribution in [0.5, 0.6) is 0 Å². The highest BCUT2D eigenvalue weighted by atomic mass is 16.6. The van der Waals surface area contributed by atoms with Gasteiger partial charge in [-0.2, -0.15) is 0 Å². The average molecular weight is 787 g/mol. The molecule has 56 heavy (non-hydrogen) atoms. The molecular formula is C51H94O5.